The molecule has 4 nitrogen and oxygen atoms in total. The van der Waals surface area contributed by atoms with E-state index in [0.717, 1.165) is 43.8 Å². The largest absolute Gasteiger partial charge is 0.508 e. The van der Waals surface area contributed by atoms with Crippen molar-refractivity contribution in [3.8, 4) is 11.5 Å². The van der Waals surface area contributed by atoms with E-state index in [-0.39, 0.29) is 17.4 Å². The van der Waals surface area contributed by atoms with Gasteiger partial charge in [0.15, 0.2) is 0 Å². The lowest BCUT2D eigenvalue weighted by atomic mass is 9.93. The van der Waals surface area contributed by atoms with Gasteiger partial charge in [-0.2, -0.15) is 0 Å². The van der Waals surface area contributed by atoms with Crippen molar-refractivity contribution >= 4 is 5.69 Å². The fourth-order valence-electron chi connectivity index (χ4n) is 2.73. The first-order chi connectivity index (χ1) is 9.53. The van der Waals surface area contributed by atoms with Gasteiger partial charge in [0.25, 0.3) is 0 Å². The Hall–Kier alpha value is -1.42. The van der Waals surface area contributed by atoms with Crippen molar-refractivity contribution in [1.29, 1.82) is 0 Å². The van der Waals surface area contributed by atoms with Crippen LogP contribution in [0.15, 0.2) is 18.2 Å². The Kier molecular flexibility index (Phi) is 4.43. The van der Waals surface area contributed by atoms with E-state index < -0.39 is 0 Å². The molecule has 0 saturated heterocycles. The maximum absolute atomic E-state index is 9.73. The third kappa shape index (κ3) is 2.85. The third-order valence-corrected chi connectivity index (χ3v) is 4.36. The van der Waals surface area contributed by atoms with Crippen LogP contribution < -0.4 is 15.4 Å². The number of anilines is 1. The highest BCUT2D eigenvalue weighted by molar-refractivity contribution is 5.63. The summed E-state index contributed by atoms with van der Waals surface area (Å²) in [6.45, 7) is 8.03. The van der Waals surface area contributed by atoms with Crippen LogP contribution in [-0.2, 0) is 0 Å². The highest BCUT2D eigenvalue weighted by Crippen LogP contribution is 2.41. The summed E-state index contributed by atoms with van der Waals surface area (Å²) in [7, 11) is 0. The Morgan fingerprint density at radius 1 is 1.35 bits per heavy atom. The molecule has 3 N–H and O–H groups in total. The second-order valence-electron chi connectivity index (χ2n) is 5.69. The Morgan fingerprint density at radius 2 is 2.05 bits per heavy atom. The predicted octanol–water partition coefficient (Wildman–Crippen LogP) is 2.89. The van der Waals surface area contributed by atoms with Crippen molar-refractivity contribution < 1.29 is 9.84 Å². The number of phenols is 1. The minimum atomic E-state index is -0.155. The molecular formula is C16H26N2O2. The van der Waals surface area contributed by atoms with Crippen molar-refractivity contribution in [2.75, 3.05) is 18.0 Å². The number of nitrogens with two attached hydrogens (primary N) is 1. The van der Waals surface area contributed by atoms with Crippen molar-refractivity contribution in [2.24, 2.45) is 5.73 Å². The minimum absolute atomic E-state index is 0.134. The molecule has 1 heterocycles. The highest BCUT2D eigenvalue weighted by Gasteiger charge is 2.37. The monoisotopic (exact) mass is 278 g/mol. The van der Waals surface area contributed by atoms with Crippen LogP contribution in [0.1, 0.15) is 40.0 Å². The molecule has 0 spiro atoms. The Labute approximate surface area is 121 Å². The van der Waals surface area contributed by atoms with Gasteiger partial charge in [0.05, 0.1) is 12.2 Å². The van der Waals surface area contributed by atoms with E-state index in [1.165, 1.54) is 0 Å². The normalized spacial score (nSPS) is 18.3. The molecule has 112 valence electrons. The van der Waals surface area contributed by atoms with Crippen LogP contribution in [0.3, 0.4) is 0 Å². The van der Waals surface area contributed by atoms with Gasteiger partial charge >= 0.3 is 0 Å². The summed E-state index contributed by atoms with van der Waals surface area (Å²) in [6, 6.07) is 5.44. The Balaban J connectivity index is 2.36. The molecule has 20 heavy (non-hydrogen) atoms. The molecule has 1 aliphatic rings. The number of benzene rings is 1. The number of hydrogen-bond acceptors (Lipinski definition) is 4. The van der Waals surface area contributed by atoms with Gasteiger partial charge < -0.3 is 20.5 Å². The van der Waals surface area contributed by atoms with E-state index in [0.29, 0.717) is 0 Å². The average Bonchev–Trinajstić information content (AvgIpc) is 2.47. The SMILES string of the molecule is CCC(N)CN1CC(CC)(CC)Oc2ccc(O)cc21. The summed E-state index contributed by atoms with van der Waals surface area (Å²) in [6.07, 6.45) is 2.86. The van der Waals surface area contributed by atoms with Crippen molar-refractivity contribution in [3.05, 3.63) is 18.2 Å². The summed E-state index contributed by atoms with van der Waals surface area (Å²) >= 11 is 0. The van der Waals surface area contributed by atoms with Crippen LogP contribution in [0, 0.1) is 0 Å². The molecule has 1 aliphatic heterocycles. The zero-order valence-corrected chi connectivity index (χ0v) is 12.7. The van der Waals surface area contributed by atoms with Crippen molar-refractivity contribution in [2.45, 2.75) is 51.7 Å². The first-order valence-corrected chi connectivity index (χ1v) is 7.56. The van der Waals surface area contributed by atoms with Gasteiger partial charge in [-0.15, -0.1) is 0 Å². The first-order valence-electron chi connectivity index (χ1n) is 7.56. The first kappa shape index (κ1) is 15.0. The van der Waals surface area contributed by atoms with E-state index in [1.807, 2.05) is 6.07 Å². The van der Waals surface area contributed by atoms with Gasteiger partial charge in [-0.25, -0.2) is 0 Å². The lowest BCUT2D eigenvalue weighted by Crippen LogP contribution is -2.53. The Bertz CT molecular complexity index is 458. The molecular weight excluding hydrogens is 252 g/mol. The summed E-state index contributed by atoms with van der Waals surface area (Å²) in [5.74, 6) is 1.11. The van der Waals surface area contributed by atoms with Gasteiger partial charge in [0, 0.05) is 18.7 Å². The predicted molar refractivity (Wildman–Crippen MR) is 82.5 cm³/mol. The average molecular weight is 278 g/mol. The lowest BCUT2D eigenvalue weighted by molar-refractivity contribution is 0.0570. The number of nitrogens with zero attached hydrogens (tertiary/aromatic N) is 1. The van der Waals surface area contributed by atoms with Gasteiger partial charge in [0.1, 0.15) is 17.1 Å². The second-order valence-corrected chi connectivity index (χ2v) is 5.69. The van der Waals surface area contributed by atoms with Gasteiger partial charge in [0.2, 0.25) is 0 Å². The lowest BCUT2D eigenvalue weighted by Gasteiger charge is -2.44. The van der Waals surface area contributed by atoms with E-state index in [4.69, 9.17) is 10.5 Å². The second kappa shape index (κ2) is 5.92. The fourth-order valence-corrected chi connectivity index (χ4v) is 2.73. The highest BCUT2D eigenvalue weighted by atomic mass is 16.5. The van der Waals surface area contributed by atoms with Gasteiger partial charge in [-0.05, 0) is 31.4 Å². The molecule has 1 aromatic carbocycles. The summed E-state index contributed by atoms with van der Waals surface area (Å²) < 4.78 is 6.22. The van der Waals surface area contributed by atoms with E-state index in [2.05, 4.69) is 25.7 Å². The molecule has 1 aromatic rings. The molecule has 2 rings (SSSR count). The number of phenolic OH excluding ortho intramolecular Hbond substituents is 1. The number of ether oxygens (including phenoxy) is 1. The quantitative estimate of drug-likeness (QED) is 0.869. The van der Waals surface area contributed by atoms with Crippen LogP contribution in [0.4, 0.5) is 5.69 Å². The standard InChI is InChI=1S/C16H26N2O2/c1-4-12(17)10-18-11-16(5-2,6-3)20-15-8-7-13(19)9-14(15)18/h7-9,12,19H,4-6,10-11,17H2,1-3H3. The smallest absolute Gasteiger partial charge is 0.143 e. The molecule has 4 heteroatoms. The maximum atomic E-state index is 9.73. The number of fused-ring (bicyclic) bond motifs is 1. The Morgan fingerprint density at radius 3 is 2.65 bits per heavy atom. The molecule has 1 atom stereocenters. The molecule has 0 saturated carbocycles. The van der Waals surface area contributed by atoms with Crippen LogP contribution in [-0.4, -0.2) is 29.8 Å². The van der Waals surface area contributed by atoms with Gasteiger partial charge in [-0.1, -0.05) is 20.8 Å². The van der Waals surface area contributed by atoms with Crippen LogP contribution in [0.25, 0.3) is 0 Å². The third-order valence-electron chi connectivity index (χ3n) is 4.36. The molecule has 0 bridgehead atoms. The number of rotatable bonds is 5. The molecule has 0 fully saturated rings. The summed E-state index contributed by atoms with van der Waals surface area (Å²) in [5.41, 5.74) is 6.92. The van der Waals surface area contributed by atoms with Crippen molar-refractivity contribution in [1.82, 2.24) is 0 Å². The molecule has 1 unspecified atom stereocenters. The van der Waals surface area contributed by atoms with E-state index in [9.17, 15) is 5.11 Å². The molecule has 0 aromatic heterocycles. The van der Waals surface area contributed by atoms with Gasteiger partial charge in [-0.3, -0.25) is 0 Å². The van der Waals surface area contributed by atoms with Crippen molar-refractivity contribution in [3.63, 3.8) is 0 Å². The molecule has 0 radical (unpaired) electrons. The summed E-state index contributed by atoms with van der Waals surface area (Å²) in [5, 5.41) is 9.73. The number of aromatic hydroxyl groups is 1. The minimum Gasteiger partial charge on any atom is -0.508 e. The molecule has 0 aliphatic carbocycles. The van der Waals surface area contributed by atoms with E-state index >= 15 is 0 Å². The van der Waals surface area contributed by atoms with Crippen LogP contribution in [0.5, 0.6) is 11.5 Å². The zero-order chi connectivity index (χ0) is 14.8. The van der Waals surface area contributed by atoms with Crippen LogP contribution in [0.2, 0.25) is 0 Å². The zero-order valence-electron chi connectivity index (χ0n) is 12.7. The topological polar surface area (TPSA) is 58.7 Å². The maximum Gasteiger partial charge on any atom is 0.143 e. The number of hydrogen-bond donors (Lipinski definition) is 2. The fraction of sp³-hybridized carbons (Fsp3) is 0.625. The summed E-state index contributed by atoms with van der Waals surface area (Å²) in [4.78, 5) is 2.26. The van der Waals surface area contributed by atoms with E-state index in [1.54, 1.807) is 12.1 Å². The van der Waals surface area contributed by atoms with Crippen LogP contribution >= 0.6 is 0 Å². The molecule has 0 amide bonds.